The van der Waals surface area contributed by atoms with E-state index in [0.717, 1.165) is 28.7 Å². The molecule has 2 atom stereocenters. The van der Waals surface area contributed by atoms with Crippen LogP contribution in [-0.2, 0) is 24.2 Å². The van der Waals surface area contributed by atoms with Gasteiger partial charge in [0.25, 0.3) is 0 Å². The van der Waals surface area contributed by atoms with Crippen LogP contribution in [0.4, 0.5) is 0 Å². The van der Waals surface area contributed by atoms with Gasteiger partial charge in [-0.25, -0.2) is 0 Å². The Morgan fingerprint density at radius 1 is 0.814 bits per heavy atom. The average Bonchev–Trinajstić information content (AvgIpc) is 3.04. The minimum absolute atomic E-state index is 0.0765. The summed E-state index contributed by atoms with van der Waals surface area (Å²) >= 11 is 6.21. The number of carbonyl (C=O) groups is 1. The fraction of sp³-hybridized carbons (Fsp3) is 0.286. The van der Waals surface area contributed by atoms with Crippen molar-refractivity contribution in [1.82, 2.24) is 10.2 Å². The lowest BCUT2D eigenvalue weighted by Gasteiger charge is -2.42. The van der Waals surface area contributed by atoms with Crippen LogP contribution < -0.4 is 24.3 Å². The summed E-state index contributed by atoms with van der Waals surface area (Å²) < 4.78 is 22.5. The molecule has 0 spiro atoms. The number of nitrogens with zero attached hydrogens (tertiary/aromatic N) is 1. The minimum Gasteiger partial charge on any atom is -0.493 e. The molecule has 0 radical (unpaired) electrons. The lowest BCUT2D eigenvalue weighted by molar-refractivity contribution is -0.128. The van der Waals surface area contributed by atoms with Crippen LogP contribution in [0.15, 0.2) is 84.9 Å². The van der Waals surface area contributed by atoms with Crippen molar-refractivity contribution in [2.24, 2.45) is 0 Å². The number of benzene rings is 4. The average molecular weight is 601 g/mol. The third kappa shape index (κ3) is 6.74. The van der Waals surface area contributed by atoms with Gasteiger partial charge in [-0.2, -0.15) is 0 Å². The van der Waals surface area contributed by atoms with Crippen LogP contribution in [0.3, 0.4) is 0 Å². The number of ether oxygens (including phenoxy) is 4. The van der Waals surface area contributed by atoms with Gasteiger partial charge in [-0.05, 0) is 77.1 Å². The van der Waals surface area contributed by atoms with Crippen molar-refractivity contribution in [2.45, 2.75) is 31.5 Å². The predicted octanol–water partition coefficient (Wildman–Crippen LogP) is 6.57. The Labute approximate surface area is 258 Å². The molecule has 0 saturated carbocycles. The van der Waals surface area contributed by atoms with E-state index >= 15 is 0 Å². The molecule has 5 rings (SSSR count). The summed E-state index contributed by atoms with van der Waals surface area (Å²) in [5.74, 6) is 2.60. The molecule has 224 valence electrons. The third-order valence-corrected chi connectivity index (χ3v) is 8.21. The van der Waals surface area contributed by atoms with E-state index < -0.39 is 6.04 Å². The zero-order chi connectivity index (χ0) is 30.3. The second-order valence-electron chi connectivity index (χ2n) is 10.5. The quantitative estimate of drug-likeness (QED) is 0.210. The van der Waals surface area contributed by atoms with E-state index in [2.05, 4.69) is 22.3 Å². The highest BCUT2D eigenvalue weighted by atomic mass is 35.5. The largest absolute Gasteiger partial charge is 0.493 e. The molecule has 1 aliphatic heterocycles. The topological polar surface area (TPSA) is 69.3 Å². The Balaban J connectivity index is 1.57. The van der Waals surface area contributed by atoms with Gasteiger partial charge in [-0.3, -0.25) is 9.69 Å². The van der Waals surface area contributed by atoms with Crippen LogP contribution in [0.5, 0.6) is 23.0 Å². The Morgan fingerprint density at radius 3 is 2.21 bits per heavy atom. The molecule has 0 saturated heterocycles. The second kappa shape index (κ2) is 13.8. The molecule has 0 unspecified atom stereocenters. The standard InChI is InChI=1S/C35H37ClN2O5/c1-40-30-14-13-23(19-31(30)41-2)18-29-28-21-33(43-4)32(42-3)20-26(28)15-16-38(29)34(25-10-6-5-7-11-25)35(39)37-22-24-9-8-12-27(36)17-24/h5-14,17,19-21,29,34H,15-16,18,22H2,1-4H3,(H,37,39)/t29-,34+/m0/s1. The molecular weight excluding hydrogens is 564 g/mol. The first-order valence-corrected chi connectivity index (χ1v) is 14.6. The molecule has 1 heterocycles. The fourth-order valence-electron chi connectivity index (χ4n) is 5.88. The molecule has 43 heavy (non-hydrogen) atoms. The predicted molar refractivity (Wildman–Crippen MR) is 168 cm³/mol. The number of carbonyl (C=O) groups excluding carboxylic acids is 1. The van der Waals surface area contributed by atoms with E-state index in [1.54, 1.807) is 28.4 Å². The van der Waals surface area contributed by atoms with Crippen LogP contribution in [0.25, 0.3) is 0 Å². The molecule has 0 fully saturated rings. The van der Waals surface area contributed by atoms with Gasteiger partial charge < -0.3 is 24.3 Å². The highest BCUT2D eigenvalue weighted by Gasteiger charge is 2.37. The van der Waals surface area contributed by atoms with E-state index in [-0.39, 0.29) is 11.9 Å². The van der Waals surface area contributed by atoms with Gasteiger partial charge in [0.05, 0.1) is 28.4 Å². The first-order chi connectivity index (χ1) is 20.9. The molecule has 0 bridgehead atoms. The van der Waals surface area contributed by atoms with Crippen molar-refractivity contribution in [3.05, 3.63) is 118 Å². The maximum Gasteiger partial charge on any atom is 0.242 e. The smallest absolute Gasteiger partial charge is 0.242 e. The molecule has 7 nitrogen and oxygen atoms in total. The number of nitrogens with one attached hydrogen (secondary N) is 1. The summed E-state index contributed by atoms with van der Waals surface area (Å²) in [5, 5.41) is 3.82. The van der Waals surface area contributed by atoms with Gasteiger partial charge in [0.2, 0.25) is 5.91 Å². The molecule has 1 amide bonds. The maximum atomic E-state index is 14.2. The highest BCUT2D eigenvalue weighted by Crippen LogP contribution is 2.43. The molecule has 0 aromatic heterocycles. The molecule has 8 heteroatoms. The number of halogens is 1. The van der Waals surface area contributed by atoms with Crippen LogP contribution in [0, 0.1) is 0 Å². The van der Waals surface area contributed by atoms with E-state index in [4.69, 9.17) is 30.5 Å². The van der Waals surface area contributed by atoms with Crippen molar-refractivity contribution < 1.29 is 23.7 Å². The van der Waals surface area contributed by atoms with Gasteiger partial charge in [-0.1, -0.05) is 60.1 Å². The SMILES string of the molecule is COc1ccc(C[C@H]2c3cc(OC)c(OC)cc3CCN2[C@@H](C(=O)NCc2cccc(Cl)c2)c2ccccc2)cc1OC. The first-order valence-electron chi connectivity index (χ1n) is 14.2. The van der Waals surface area contributed by atoms with Crippen molar-refractivity contribution in [3.8, 4) is 23.0 Å². The number of methoxy groups -OCH3 is 4. The normalized spacial score (nSPS) is 15.2. The summed E-state index contributed by atoms with van der Waals surface area (Å²) in [6.07, 6.45) is 1.39. The molecule has 1 N–H and O–H groups in total. The summed E-state index contributed by atoms with van der Waals surface area (Å²) in [6, 6.07) is 26.9. The van der Waals surface area contributed by atoms with Crippen LogP contribution in [0.2, 0.25) is 5.02 Å². The molecule has 1 aliphatic rings. The summed E-state index contributed by atoms with van der Waals surface area (Å²) in [6.45, 7) is 1.04. The number of hydrogen-bond acceptors (Lipinski definition) is 6. The van der Waals surface area contributed by atoms with E-state index in [1.165, 1.54) is 5.56 Å². The molecular formula is C35H37ClN2O5. The third-order valence-electron chi connectivity index (χ3n) is 7.97. The molecule has 0 aliphatic carbocycles. The summed E-state index contributed by atoms with van der Waals surface area (Å²) in [5.41, 5.74) is 5.19. The zero-order valence-electron chi connectivity index (χ0n) is 24.9. The van der Waals surface area contributed by atoms with E-state index in [0.29, 0.717) is 47.5 Å². The summed E-state index contributed by atoms with van der Waals surface area (Å²) in [4.78, 5) is 16.5. The summed E-state index contributed by atoms with van der Waals surface area (Å²) in [7, 11) is 6.56. The Morgan fingerprint density at radius 2 is 1.51 bits per heavy atom. The Bertz CT molecular complexity index is 1560. The van der Waals surface area contributed by atoms with E-state index in [9.17, 15) is 4.79 Å². The van der Waals surface area contributed by atoms with Crippen molar-refractivity contribution in [2.75, 3.05) is 35.0 Å². The minimum atomic E-state index is -0.535. The van der Waals surface area contributed by atoms with Crippen molar-refractivity contribution in [3.63, 3.8) is 0 Å². The maximum absolute atomic E-state index is 14.2. The van der Waals surface area contributed by atoms with Crippen LogP contribution in [-0.4, -0.2) is 45.8 Å². The van der Waals surface area contributed by atoms with Crippen molar-refractivity contribution in [1.29, 1.82) is 0 Å². The fourth-order valence-corrected chi connectivity index (χ4v) is 6.09. The number of hydrogen-bond donors (Lipinski definition) is 1. The van der Waals surface area contributed by atoms with Crippen LogP contribution in [0.1, 0.15) is 39.9 Å². The lowest BCUT2D eigenvalue weighted by Crippen LogP contribution is -2.45. The van der Waals surface area contributed by atoms with E-state index in [1.807, 2.05) is 72.8 Å². The number of rotatable bonds is 11. The van der Waals surface area contributed by atoms with Gasteiger partial charge >= 0.3 is 0 Å². The first kappa shape index (κ1) is 30.3. The van der Waals surface area contributed by atoms with Gasteiger partial charge in [0.1, 0.15) is 6.04 Å². The number of amides is 1. The lowest BCUT2D eigenvalue weighted by atomic mass is 9.86. The second-order valence-corrected chi connectivity index (χ2v) is 10.9. The zero-order valence-corrected chi connectivity index (χ0v) is 25.7. The van der Waals surface area contributed by atoms with Gasteiger partial charge in [0, 0.05) is 24.2 Å². The Hall–Kier alpha value is -4.20. The molecule has 4 aromatic carbocycles. The Kier molecular flexibility index (Phi) is 9.75. The van der Waals surface area contributed by atoms with Gasteiger partial charge in [-0.15, -0.1) is 0 Å². The number of fused-ring (bicyclic) bond motifs is 1. The monoisotopic (exact) mass is 600 g/mol. The van der Waals surface area contributed by atoms with Crippen LogP contribution >= 0.6 is 11.6 Å². The molecule has 4 aromatic rings. The highest BCUT2D eigenvalue weighted by molar-refractivity contribution is 6.30. The van der Waals surface area contributed by atoms with Gasteiger partial charge in [0.15, 0.2) is 23.0 Å². The van der Waals surface area contributed by atoms with Crippen molar-refractivity contribution >= 4 is 17.5 Å².